The molecule has 0 aliphatic heterocycles. The van der Waals surface area contributed by atoms with Gasteiger partial charge in [-0.15, -0.1) is 0 Å². The Labute approximate surface area is 108 Å². The minimum atomic E-state index is -0.318. The molecule has 0 aliphatic rings. The zero-order valence-electron chi connectivity index (χ0n) is 9.05. The van der Waals surface area contributed by atoms with Gasteiger partial charge in [0.05, 0.1) is 20.6 Å². The van der Waals surface area contributed by atoms with Gasteiger partial charge >= 0.3 is 5.97 Å². The van der Waals surface area contributed by atoms with Gasteiger partial charge in [0.25, 0.3) is 0 Å². The molecule has 1 rings (SSSR count). The first-order valence-corrected chi connectivity index (χ1v) is 6.10. The lowest BCUT2D eigenvalue weighted by Crippen LogP contribution is -2.07. The summed E-state index contributed by atoms with van der Waals surface area (Å²) in [4.78, 5) is 11.2. The summed E-state index contributed by atoms with van der Waals surface area (Å²) in [6, 6.07) is 3.51. The van der Waals surface area contributed by atoms with Crippen LogP contribution in [0.2, 0.25) is 5.02 Å². The van der Waals surface area contributed by atoms with Crippen molar-refractivity contribution in [2.24, 2.45) is 0 Å². The fourth-order valence-corrected chi connectivity index (χ4v) is 2.11. The monoisotopic (exact) mass is 306 g/mol. The van der Waals surface area contributed by atoms with Gasteiger partial charge in [0.15, 0.2) is 0 Å². The zero-order chi connectivity index (χ0) is 12.1. The summed E-state index contributed by atoms with van der Waals surface area (Å²) in [5.41, 5.74) is 1.64. The molecule has 1 aromatic carbocycles. The van der Waals surface area contributed by atoms with Crippen LogP contribution in [0, 0.1) is 0 Å². The highest BCUT2D eigenvalue weighted by atomic mass is 79.9. The van der Waals surface area contributed by atoms with Gasteiger partial charge in [-0.3, -0.25) is 4.79 Å². The van der Waals surface area contributed by atoms with Crippen LogP contribution >= 0.6 is 27.5 Å². The first kappa shape index (κ1) is 13.3. The van der Waals surface area contributed by atoms with E-state index in [1.807, 2.05) is 0 Å². The molecule has 0 amide bonds. The number of halogens is 2. The molecule has 0 aromatic heterocycles. The number of methoxy groups -OCH3 is 2. The van der Waals surface area contributed by atoms with Crippen molar-refractivity contribution >= 4 is 33.5 Å². The lowest BCUT2D eigenvalue weighted by Gasteiger charge is -2.12. The molecule has 3 nitrogen and oxygen atoms in total. The standard InChI is InChI=1S/C11H12BrClO3/c1-15-10(14)5-7-3-9(13)4-8(6-12)11(7)16-2/h3-4H,5-6H2,1-2H3. The van der Waals surface area contributed by atoms with Crippen molar-refractivity contribution in [3.63, 3.8) is 0 Å². The molecule has 0 unspecified atom stereocenters. The maximum absolute atomic E-state index is 11.2. The molecular formula is C11H12BrClO3. The van der Waals surface area contributed by atoms with Crippen LogP contribution in [-0.4, -0.2) is 20.2 Å². The van der Waals surface area contributed by atoms with Gasteiger partial charge in [-0.05, 0) is 12.1 Å². The van der Waals surface area contributed by atoms with E-state index in [1.54, 1.807) is 19.2 Å². The number of esters is 1. The Bertz CT molecular complexity index is 393. The van der Waals surface area contributed by atoms with Crippen LogP contribution in [0.25, 0.3) is 0 Å². The van der Waals surface area contributed by atoms with Crippen LogP contribution in [0.15, 0.2) is 12.1 Å². The molecule has 0 N–H and O–H groups in total. The Morgan fingerprint density at radius 3 is 2.50 bits per heavy atom. The highest BCUT2D eigenvalue weighted by Gasteiger charge is 2.13. The van der Waals surface area contributed by atoms with Crippen molar-refractivity contribution in [2.45, 2.75) is 11.8 Å². The largest absolute Gasteiger partial charge is 0.496 e. The van der Waals surface area contributed by atoms with E-state index in [0.717, 1.165) is 11.1 Å². The second kappa shape index (κ2) is 6.11. The first-order valence-electron chi connectivity index (χ1n) is 4.60. The number of hydrogen-bond acceptors (Lipinski definition) is 3. The van der Waals surface area contributed by atoms with E-state index in [9.17, 15) is 4.79 Å². The Kier molecular flexibility index (Phi) is 5.09. The van der Waals surface area contributed by atoms with E-state index in [1.165, 1.54) is 7.11 Å². The molecule has 0 spiro atoms. The highest BCUT2D eigenvalue weighted by molar-refractivity contribution is 9.08. The third-order valence-electron chi connectivity index (χ3n) is 2.12. The summed E-state index contributed by atoms with van der Waals surface area (Å²) in [7, 11) is 2.92. The Morgan fingerprint density at radius 1 is 1.38 bits per heavy atom. The Balaban J connectivity index is 3.14. The molecule has 0 fully saturated rings. The molecule has 88 valence electrons. The number of rotatable bonds is 4. The van der Waals surface area contributed by atoms with Gasteiger partial charge in [-0.1, -0.05) is 27.5 Å². The number of alkyl halides is 1. The molecule has 5 heteroatoms. The quantitative estimate of drug-likeness (QED) is 0.634. The van der Waals surface area contributed by atoms with Crippen LogP contribution in [0.3, 0.4) is 0 Å². The predicted octanol–water partition coefficient (Wildman–Crippen LogP) is 2.96. The van der Waals surface area contributed by atoms with Gasteiger partial charge in [-0.2, -0.15) is 0 Å². The van der Waals surface area contributed by atoms with Crippen LogP contribution in [0.1, 0.15) is 11.1 Å². The van der Waals surface area contributed by atoms with Gasteiger partial charge in [-0.25, -0.2) is 0 Å². The minimum Gasteiger partial charge on any atom is -0.496 e. The molecule has 0 radical (unpaired) electrons. The Morgan fingerprint density at radius 2 is 2.00 bits per heavy atom. The van der Waals surface area contributed by atoms with Gasteiger partial charge in [0, 0.05) is 21.5 Å². The van der Waals surface area contributed by atoms with E-state index < -0.39 is 0 Å². The van der Waals surface area contributed by atoms with Crippen molar-refractivity contribution < 1.29 is 14.3 Å². The molecule has 1 aromatic rings. The first-order chi connectivity index (χ1) is 7.62. The predicted molar refractivity (Wildman–Crippen MR) is 66.4 cm³/mol. The van der Waals surface area contributed by atoms with E-state index >= 15 is 0 Å². The molecule has 0 aliphatic carbocycles. The smallest absolute Gasteiger partial charge is 0.310 e. The summed E-state index contributed by atoms with van der Waals surface area (Å²) in [6.45, 7) is 0. The summed E-state index contributed by atoms with van der Waals surface area (Å²) < 4.78 is 9.89. The molecule has 0 saturated heterocycles. The molecule has 16 heavy (non-hydrogen) atoms. The number of benzene rings is 1. The second-order valence-electron chi connectivity index (χ2n) is 3.14. The van der Waals surface area contributed by atoms with Crippen molar-refractivity contribution in [3.8, 4) is 5.75 Å². The third kappa shape index (κ3) is 3.12. The van der Waals surface area contributed by atoms with Crippen molar-refractivity contribution in [1.29, 1.82) is 0 Å². The normalized spacial score (nSPS) is 10.0. The van der Waals surface area contributed by atoms with Gasteiger partial charge < -0.3 is 9.47 Å². The van der Waals surface area contributed by atoms with Crippen LogP contribution in [-0.2, 0) is 21.3 Å². The average Bonchev–Trinajstić information content (AvgIpc) is 2.28. The van der Waals surface area contributed by atoms with Gasteiger partial charge in [0.1, 0.15) is 5.75 Å². The maximum atomic E-state index is 11.2. The van der Waals surface area contributed by atoms with E-state index in [4.69, 9.17) is 16.3 Å². The lowest BCUT2D eigenvalue weighted by molar-refractivity contribution is -0.139. The van der Waals surface area contributed by atoms with E-state index in [0.29, 0.717) is 16.1 Å². The molecular weight excluding hydrogens is 295 g/mol. The van der Waals surface area contributed by atoms with E-state index in [2.05, 4.69) is 20.7 Å². The number of ether oxygens (including phenoxy) is 2. The van der Waals surface area contributed by atoms with Crippen molar-refractivity contribution in [2.75, 3.05) is 14.2 Å². The molecule has 0 atom stereocenters. The summed E-state index contributed by atoms with van der Waals surface area (Å²) in [5, 5.41) is 1.19. The SMILES string of the molecule is COC(=O)Cc1cc(Cl)cc(CBr)c1OC. The summed E-state index contributed by atoms with van der Waals surface area (Å²) in [5.74, 6) is 0.354. The zero-order valence-corrected chi connectivity index (χ0v) is 11.4. The molecule has 0 saturated carbocycles. The lowest BCUT2D eigenvalue weighted by atomic mass is 10.1. The number of hydrogen-bond donors (Lipinski definition) is 0. The molecule has 0 bridgehead atoms. The van der Waals surface area contributed by atoms with Crippen molar-refractivity contribution in [3.05, 3.63) is 28.3 Å². The third-order valence-corrected chi connectivity index (χ3v) is 2.94. The van der Waals surface area contributed by atoms with Crippen LogP contribution in [0.4, 0.5) is 0 Å². The summed E-state index contributed by atoms with van der Waals surface area (Å²) >= 11 is 9.30. The minimum absolute atomic E-state index is 0.153. The Hall–Kier alpha value is -0.740. The van der Waals surface area contributed by atoms with Crippen LogP contribution < -0.4 is 4.74 Å². The van der Waals surface area contributed by atoms with Crippen LogP contribution in [0.5, 0.6) is 5.75 Å². The summed E-state index contributed by atoms with van der Waals surface area (Å²) in [6.07, 6.45) is 0.153. The maximum Gasteiger partial charge on any atom is 0.310 e. The van der Waals surface area contributed by atoms with Gasteiger partial charge in [0.2, 0.25) is 0 Å². The van der Waals surface area contributed by atoms with E-state index in [-0.39, 0.29) is 12.4 Å². The fraction of sp³-hybridized carbons (Fsp3) is 0.364. The number of carbonyl (C=O) groups is 1. The highest BCUT2D eigenvalue weighted by Crippen LogP contribution is 2.30. The average molecular weight is 308 g/mol. The second-order valence-corrected chi connectivity index (χ2v) is 4.14. The molecule has 0 heterocycles. The fourth-order valence-electron chi connectivity index (χ4n) is 1.43. The number of carbonyl (C=O) groups excluding carboxylic acids is 1. The van der Waals surface area contributed by atoms with Crippen molar-refractivity contribution in [1.82, 2.24) is 0 Å². The topological polar surface area (TPSA) is 35.5 Å².